The molecule has 0 saturated carbocycles. The van der Waals surface area contributed by atoms with Crippen molar-refractivity contribution in [3.05, 3.63) is 12.2 Å². The maximum Gasteiger partial charge on any atom is 0.333 e. The fourth-order valence-electron chi connectivity index (χ4n) is 1.33. The van der Waals surface area contributed by atoms with E-state index >= 15 is 0 Å². The average Bonchev–Trinajstić information content (AvgIpc) is 2.01. The first-order valence-electron chi connectivity index (χ1n) is 4.47. The normalized spacial score (nSPS) is 25.4. The Bertz CT molecular complexity index is 342. The van der Waals surface area contributed by atoms with Crippen molar-refractivity contribution in [3.8, 4) is 0 Å². The largest absolute Gasteiger partial charge is 0.458 e. The molecule has 0 amide bonds. The summed E-state index contributed by atoms with van der Waals surface area (Å²) in [5.74, 6) is -0.354. The molecule has 4 nitrogen and oxygen atoms in total. The van der Waals surface area contributed by atoms with E-state index in [-0.39, 0.29) is 11.5 Å². The Morgan fingerprint density at radius 3 is 2.64 bits per heavy atom. The van der Waals surface area contributed by atoms with Crippen LogP contribution in [-0.4, -0.2) is 32.0 Å². The topological polar surface area (TPSA) is 60.4 Å². The minimum Gasteiger partial charge on any atom is -0.458 e. The Morgan fingerprint density at radius 2 is 2.14 bits per heavy atom. The van der Waals surface area contributed by atoms with E-state index in [9.17, 15) is 13.2 Å². The van der Waals surface area contributed by atoms with Gasteiger partial charge >= 0.3 is 5.97 Å². The van der Waals surface area contributed by atoms with Gasteiger partial charge in [0.1, 0.15) is 6.10 Å². The number of ether oxygens (including phenoxy) is 1. The third-order valence-electron chi connectivity index (χ3n) is 2.04. The quantitative estimate of drug-likeness (QED) is 0.505. The van der Waals surface area contributed by atoms with Gasteiger partial charge in [-0.3, -0.25) is 0 Å². The zero-order chi connectivity index (χ0) is 10.8. The summed E-state index contributed by atoms with van der Waals surface area (Å²) in [5.41, 5.74) is 0.299. The fraction of sp³-hybridized carbons (Fsp3) is 0.667. The van der Waals surface area contributed by atoms with Crippen molar-refractivity contribution in [1.82, 2.24) is 0 Å². The molecule has 1 aliphatic rings. The van der Waals surface area contributed by atoms with Gasteiger partial charge < -0.3 is 4.74 Å². The Balaban J connectivity index is 2.54. The van der Waals surface area contributed by atoms with Gasteiger partial charge in [0.05, 0.1) is 11.5 Å². The Kier molecular flexibility index (Phi) is 3.31. The molecule has 0 aromatic heterocycles. The SMILES string of the molecule is C=C(C)C(=O)OC1CCCS(=O)(=O)C1. The van der Waals surface area contributed by atoms with Crippen molar-refractivity contribution in [2.24, 2.45) is 0 Å². The molecular formula is C9H14O4S. The van der Waals surface area contributed by atoms with E-state index in [1.165, 1.54) is 0 Å². The third-order valence-corrected chi connectivity index (χ3v) is 3.83. The van der Waals surface area contributed by atoms with E-state index in [0.717, 1.165) is 0 Å². The maximum absolute atomic E-state index is 11.2. The highest BCUT2D eigenvalue weighted by Gasteiger charge is 2.27. The van der Waals surface area contributed by atoms with Crippen LogP contribution in [-0.2, 0) is 19.4 Å². The van der Waals surface area contributed by atoms with Gasteiger partial charge in [-0.25, -0.2) is 13.2 Å². The van der Waals surface area contributed by atoms with Crippen molar-refractivity contribution in [2.75, 3.05) is 11.5 Å². The highest BCUT2D eigenvalue weighted by molar-refractivity contribution is 7.91. The molecule has 1 saturated heterocycles. The molecule has 1 heterocycles. The van der Waals surface area contributed by atoms with Crippen LogP contribution in [0, 0.1) is 0 Å². The number of esters is 1. The summed E-state index contributed by atoms with van der Waals surface area (Å²) in [6, 6.07) is 0. The summed E-state index contributed by atoms with van der Waals surface area (Å²) in [5, 5.41) is 0. The number of carbonyl (C=O) groups is 1. The first kappa shape index (κ1) is 11.2. The lowest BCUT2D eigenvalue weighted by Gasteiger charge is -2.21. The van der Waals surface area contributed by atoms with Crippen LogP contribution in [0.25, 0.3) is 0 Å². The van der Waals surface area contributed by atoms with Crippen LogP contribution in [0.15, 0.2) is 12.2 Å². The summed E-state index contributed by atoms with van der Waals surface area (Å²) in [6.07, 6.45) is 0.701. The van der Waals surface area contributed by atoms with Gasteiger partial charge in [-0.05, 0) is 19.8 Å². The van der Waals surface area contributed by atoms with Crippen molar-refractivity contribution < 1.29 is 17.9 Å². The van der Waals surface area contributed by atoms with Crippen LogP contribution in [0.4, 0.5) is 0 Å². The zero-order valence-electron chi connectivity index (χ0n) is 8.15. The summed E-state index contributed by atoms with van der Waals surface area (Å²) < 4.78 is 27.4. The second-order valence-electron chi connectivity index (χ2n) is 3.56. The van der Waals surface area contributed by atoms with Crippen molar-refractivity contribution in [3.63, 3.8) is 0 Å². The Labute approximate surface area is 83.9 Å². The van der Waals surface area contributed by atoms with Gasteiger partial charge in [0, 0.05) is 5.57 Å². The molecule has 0 aromatic rings. The van der Waals surface area contributed by atoms with Crippen LogP contribution in [0.1, 0.15) is 19.8 Å². The van der Waals surface area contributed by atoms with E-state index in [4.69, 9.17) is 4.74 Å². The number of hydrogen-bond acceptors (Lipinski definition) is 4. The minimum absolute atomic E-state index is 0.0496. The number of hydrogen-bond donors (Lipinski definition) is 0. The van der Waals surface area contributed by atoms with Gasteiger partial charge in [0.15, 0.2) is 9.84 Å². The average molecular weight is 218 g/mol. The maximum atomic E-state index is 11.2. The number of sulfone groups is 1. The molecular weight excluding hydrogens is 204 g/mol. The van der Waals surface area contributed by atoms with Crippen LogP contribution in [0.3, 0.4) is 0 Å². The molecule has 0 N–H and O–H groups in total. The van der Waals surface area contributed by atoms with Gasteiger partial charge in [0.25, 0.3) is 0 Å². The van der Waals surface area contributed by atoms with E-state index < -0.39 is 21.9 Å². The minimum atomic E-state index is -3.01. The van der Waals surface area contributed by atoms with Gasteiger partial charge in [-0.15, -0.1) is 0 Å². The van der Waals surface area contributed by atoms with Crippen molar-refractivity contribution in [2.45, 2.75) is 25.9 Å². The Morgan fingerprint density at radius 1 is 1.50 bits per heavy atom. The standard InChI is InChI=1S/C9H14O4S/c1-7(2)9(10)13-8-4-3-5-14(11,12)6-8/h8H,1,3-6H2,2H3. The molecule has 0 aliphatic carbocycles. The molecule has 5 heteroatoms. The van der Waals surface area contributed by atoms with E-state index in [1.807, 2.05) is 0 Å². The first-order valence-corrected chi connectivity index (χ1v) is 6.30. The highest BCUT2D eigenvalue weighted by Crippen LogP contribution is 2.15. The fourth-order valence-corrected chi connectivity index (χ4v) is 2.90. The van der Waals surface area contributed by atoms with Gasteiger partial charge in [-0.2, -0.15) is 0 Å². The van der Waals surface area contributed by atoms with Crippen LogP contribution in [0.5, 0.6) is 0 Å². The molecule has 0 radical (unpaired) electrons. The molecule has 1 unspecified atom stereocenters. The van der Waals surface area contributed by atoms with E-state index in [1.54, 1.807) is 6.92 Å². The molecule has 0 spiro atoms. The molecule has 0 aromatic carbocycles. The lowest BCUT2D eigenvalue weighted by Crippen LogP contribution is -2.33. The van der Waals surface area contributed by atoms with Gasteiger partial charge in [0.2, 0.25) is 0 Å². The molecule has 80 valence electrons. The monoisotopic (exact) mass is 218 g/mol. The molecule has 1 aliphatic heterocycles. The van der Waals surface area contributed by atoms with E-state index in [2.05, 4.69) is 6.58 Å². The third kappa shape index (κ3) is 3.14. The van der Waals surface area contributed by atoms with Crippen LogP contribution in [0.2, 0.25) is 0 Å². The predicted octanol–water partition coefficient (Wildman–Crippen LogP) is 0.683. The summed E-state index contributed by atoms with van der Waals surface area (Å²) in [4.78, 5) is 11.1. The second kappa shape index (κ2) is 4.13. The predicted molar refractivity (Wildman–Crippen MR) is 52.6 cm³/mol. The lowest BCUT2D eigenvalue weighted by atomic mass is 10.2. The summed E-state index contributed by atoms with van der Waals surface area (Å²) >= 11 is 0. The van der Waals surface area contributed by atoms with Crippen LogP contribution >= 0.6 is 0 Å². The molecule has 14 heavy (non-hydrogen) atoms. The molecule has 1 rings (SSSR count). The number of rotatable bonds is 2. The smallest absolute Gasteiger partial charge is 0.333 e. The van der Waals surface area contributed by atoms with Crippen molar-refractivity contribution in [1.29, 1.82) is 0 Å². The highest BCUT2D eigenvalue weighted by atomic mass is 32.2. The first-order chi connectivity index (χ1) is 6.41. The van der Waals surface area contributed by atoms with Crippen molar-refractivity contribution >= 4 is 15.8 Å². The number of carbonyl (C=O) groups excluding carboxylic acids is 1. The van der Waals surface area contributed by atoms with E-state index in [0.29, 0.717) is 18.4 Å². The summed E-state index contributed by atoms with van der Waals surface area (Å²) in [6.45, 7) is 4.97. The second-order valence-corrected chi connectivity index (χ2v) is 5.79. The molecule has 1 fully saturated rings. The molecule has 0 bridgehead atoms. The lowest BCUT2D eigenvalue weighted by molar-refractivity contribution is -0.143. The Hall–Kier alpha value is -0.840. The summed E-state index contributed by atoms with van der Waals surface area (Å²) in [7, 11) is -3.01. The van der Waals surface area contributed by atoms with Crippen LogP contribution < -0.4 is 0 Å². The zero-order valence-corrected chi connectivity index (χ0v) is 8.97. The van der Waals surface area contributed by atoms with Gasteiger partial charge in [-0.1, -0.05) is 6.58 Å². The molecule has 1 atom stereocenters.